The van der Waals surface area contributed by atoms with Gasteiger partial charge in [-0.25, -0.2) is 9.50 Å². The molecule has 2 aromatic heterocycles. The molecular formula is C31H32N8O3. The molecule has 0 spiro atoms. The fourth-order valence-electron chi connectivity index (χ4n) is 5.26. The SMILES string of the molecule is O=C1C/C(=C/c2cnn3ccc(Nc4cc(Nc5cccc(CN6CCOCC6)c5)cc(NC5CC5)c4)nc23)C(=O)N1. The Morgan fingerprint density at radius 3 is 2.57 bits per heavy atom. The third-order valence-electron chi connectivity index (χ3n) is 7.50. The summed E-state index contributed by atoms with van der Waals surface area (Å²) in [6.45, 7) is 4.38. The average molecular weight is 565 g/mol. The maximum atomic E-state index is 12.1. The van der Waals surface area contributed by atoms with Crippen LogP contribution in [0.1, 0.15) is 30.4 Å². The number of nitrogens with one attached hydrogen (secondary N) is 4. The number of carbonyl (C=O) groups is 2. The van der Waals surface area contributed by atoms with Crippen molar-refractivity contribution in [2.24, 2.45) is 0 Å². The van der Waals surface area contributed by atoms with Crippen LogP contribution in [0.15, 0.2) is 66.5 Å². The highest BCUT2D eigenvalue weighted by atomic mass is 16.5. The third kappa shape index (κ3) is 6.12. The lowest BCUT2D eigenvalue weighted by atomic mass is 10.1. The Labute approximate surface area is 243 Å². The van der Waals surface area contributed by atoms with Crippen LogP contribution in [0.2, 0.25) is 0 Å². The van der Waals surface area contributed by atoms with Gasteiger partial charge in [0, 0.05) is 65.8 Å². The van der Waals surface area contributed by atoms with E-state index < -0.39 is 0 Å². The van der Waals surface area contributed by atoms with Crippen LogP contribution < -0.4 is 21.3 Å². The van der Waals surface area contributed by atoms with Crippen LogP contribution in [0.4, 0.5) is 28.6 Å². The Morgan fingerprint density at radius 1 is 0.976 bits per heavy atom. The number of hydrogen-bond acceptors (Lipinski definition) is 9. The minimum Gasteiger partial charge on any atom is -0.382 e. The Balaban J connectivity index is 1.13. The van der Waals surface area contributed by atoms with E-state index in [9.17, 15) is 9.59 Å². The zero-order valence-electron chi connectivity index (χ0n) is 23.1. The fraction of sp³-hybridized carbons (Fsp3) is 0.290. The van der Waals surface area contributed by atoms with Crippen molar-refractivity contribution in [3.8, 4) is 0 Å². The van der Waals surface area contributed by atoms with Gasteiger partial charge in [0.2, 0.25) is 5.91 Å². The molecule has 0 bridgehead atoms. The molecule has 4 heterocycles. The first-order valence-corrected chi connectivity index (χ1v) is 14.3. The Kier molecular flexibility index (Phi) is 7.02. The molecule has 11 heteroatoms. The molecule has 7 rings (SSSR count). The predicted molar refractivity (Wildman–Crippen MR) is 161 cm³/mol. The topological polar surface area (TPSA) is 125 Å². The summed E-state index contributed by atoms with van der Waals surface area (Å²) >= 11 is 0. The zero-order valence-corrected chi connectivity index (χ0v) is 23.1. The number of morpholine rings is 1. The smallest absolute Gasteiger partial charge is 0.254 e. The van der Waals surface area contributed by atoms with Crippen molar-refractivity contribution < 1.29 is 14.3 Å². The second-order valence-electron chi connectivity index (χ2n) is 11.0. The summed E-state index contributed by atoms with van der Waals surface area (Å²) in [5.41, 5.74) is 6.81. The van der Waals surface area contributed by atoms with E-state index in [4.69, 9.17) is 9.72 Å². The fourth-order valence-corrected chi connectivity index (χ4v) is 5.26. The van der Waals surface area contributed by atoms with Gasteiger partial charge in [-0.2, -0.15) is 5.10 Å². The summed E-state index contributed by atoms with van der Waals surface area (Å²) in [4.78, 5) is 30.9. The van der Waals surface area contributed by atoms with Crippen molar-refractivity contribution in [1.29, 1.82) is 0 Å². The van der Waals surface area contributed by atoms with Gasteiger partial charge >= 0.3 is 0 Å². The van der Waals surface area contributed by atoms with Gasteiger partial charge in [-0.05, 0) is 60.9 Å². The van der Waals surface area contributed by atoms with E-state index >= 15 is 0 Å². The standard InChI is InChI=1S/C31H32N8O3/c40-29-14-21(31(41)37-29)13-22-18-32-39-7-6-28(36-30(22)39)35-27-16-25(33-23-4-5-23)15-26(17-27)34-24-3-1-2-20(12-24)19-38-8-10-42-11-9-38/h1-3,6-7,12-13,15-18,23,33-34H,4-5,8-11,14,19H2,(H,35,36)(H,37,40,41)/b21-13-. The quantitative estimate of drug-likeness (QED) is 0.176. The molecule has 2 aromatic carbocycles. The first-order valence-electron chi connectivity index (χ1n) is 14.3. The molecule has 4 aromatic rings. The first-order chi connectivity index (χ1) is 20.5. The maximum Gasteiger partial charge on any atom is 0.254 e. The van der Waals surface area contributed by atoms with Crippen molar-refractivity contribution >= 4 is 52.1 Å². The molecule has 1 saturated carbocycles. The number of imide groups is 1. The van der Waals surface area contributed by atoms with E-state index in [2.05, 4.69) is 73.7 Å². The lowest BCUT2D eigenvalue weighted by Gasteiger charge is -2.26. The number of carbonyl (C=O) groups excluding carboxylic acids is 2. The van der Waals surface area contributed by atoms with Crippen LogP contribution >= 0.6 is 0 Å². The molecule has 2 saturated heterocycles. The van der Waals surface area contributed by atoms with Gasteiger partial charge in [0.1, 0.15) is 5.82 Å². The second-order valence-corrected chi connectivity index (χ2v) is 11.0. The summed E-state index contributed by atoms with van der Waals surface area (Å²) in [7, 11) is 0. The highest BCUT2D eigenvalue weighted by molar-refractivity contribution is 6.15. The van der Waals surface area contributed by atoms with Crippen LogP contribution in [0.25, 0.3) is 11.7 Å². The average Bonchev–Trinajstić information content (AvgIpc) is 3.61. The highest BCUT2D eigenvalue weighted by Crippen LogP contribution is 2.32. The van der Waals surface area contributed by atoms with E-state index in [-0.39, 0.29) is 18.2 Å². The number of aromatic nitrogens is 3. The lowest BCUT2D eigenvalue weighted by Crippen LogP contribution is -2.35. The van der Waals surface area contributed by atoms with Crippen molar-refractivity contribution in [3.05, 3.63) is 77.6 Å². The van der Waals surface area contributed by atoms with Gasteiger partial charge in [0.05, 0.1) is 25.8 Å². The van der Waals surface area contributed by atoms with Crippen LogP contribution in [0, 0.1) is 0 Å². The molecule has 214 valence electrons. The number of amides is 2. The molecule has 2 amide bonds. The molecule has 2 aliphatic heterocycles. The van der Waals surface area contributed by atoms with Crippen LogP contribution in [-0.4, -0.2) is 63.7 Å². The molecule has 0 unspecified atom stereocenters. The predicted octanol–water partition coefficient (Wildman–Crippen LogP) is 4.05. The van der Waals surface area contributed by atoms with Crippen molar-refractivity contribution in [2.75, 3.05) is 42.3 Å². The number of benzene rings is 2. The molecular weight excluding hydrogens is 532 g/mol. The summed E-state index contributed by atoms with van der Waals surface area (Å²) in [5, 5.41) is 17.3. The minimum absolute atomic E-state index is 0.0564. The van der Waals surface area contributed by atoms with Gasteiger partial charge < -0.3 is 20.7 Å². The molecule has 3 aliphatic rings. The number of ether oxygens (including phenoxy) is 1. The summed E-state index contributed by atoms with van der Waals surface area (Å²) < 4.78 is 7.14. The van der Waals surface area contributed by atoms with E-state index in [0.717, 1.165) is 55.6 Å². The molecule has 4 N–H and O–H groups in total. The number of rotatable bonds is 9. The summed E-state index contributed by atoms with van der Waals surface area (Å²) in [5.74, 6) is -0.0390. The molecule has 1 aliphatic carbocycles. The number of anilines is 5. The third-order valence-corrected chi connectivity index (χ3v) is 7.50. The lowest BCUT2D eigenvalue weighted by molar-refractivity contribution is -0.124. The Bertz CT molecular complexity index is 1690. The van der Waals surface area contributed by atoms with Gasteiger partial charge in [0.15, 0.2) is 5.65 Å². The Morgan fingerprint density at radius 2 is 1.79 bits per heavy atom. The van der Waals surface area contributed by atoms with E-state index in [1.54, 1.807) is 16.8 Å². The van der Waals surface area contributed by atoms with E-state index in [1.165, 1.54) is 18.4 Å². The van der Waals surface area contributed by atoms with Gasteiger partial charge in [-0.15, -0.1) is 0 Å². The molecule has 11 nitrogen and oxygen atoms in total. The second kappa shape index (κ2) is 11.3. The number of fused-ring (bicyclic) bond motifs is 1. The molecule has 42 heavy (non-hydrogen) atoms. The van der Waals surface area contributed by atoms with E-state index in [0.29, 0.717) is 28.6 Å². The first kappa shape index (κ1) is 26.2. The maximum absolute atomic E-state index is 12.1. The van der Waals surface area contributed by atoms with Gasteiger partial charge in [-0.1, -0.05) is 12.1 Å². The largest absolute Gasteiger partial charge is 0.382 e. The van der Waals surface area contributed by atoms with E-state index in [1.807, 2.05) is 12.3 Å². The van der Waals surface area contributed by atoms with Crippen LogP contribution in [-0.2, 0) is 20.9 Å². The summed E-state index contributed by atoms with van der Waals surface area (Å²) in [6.07, 6.45) is 7.54. The van der Waals surface area contributed by atoms with Crippen molar-refractivity contribution in [1.82, 2.24) is 24.8 Å². The van der Waals surface area contributed by atoms with Crippen molar-refractivity contribution in [3.63, 3.8) is 0 Å². The molecule has 3 fully saturated rings. The normalized spacial score (nSPS) is 18.4. The van der Waals surface area contributed by atoms with Crippen molar-refractivity contribution in [2.45, 2.75) is 31.8 Å². The summed E-state index contributed by atoms with van der Waals surface area (Å²) in [6, 6.07) is 17.2. The molecule has 0 atom stereocenters. The molecule has 0 radical (unpaired) electrons. The highest BCUT2D eigenvalue weighted by Gasteiger charge is 2.24. The van der Waals surface area contributed by atoms with Crippen LogP contribution in [0.5, 0.6) is 0 Å². The van der Waals surface area contributed by atoms with Gasteiger partial charge in [0.25, 0.3) is 5.91 Å². The number of nitrogens with zero attached hydrogens (tertiary/aromatic N) is 4. The monoisotopic (exact) mass is 564 g/mol. The van der Waals surface area contributed by atoms with Gasteiger partial charge in [-0.3, -0.25) is 19.8 Å². The minimum atomic E-state index is -0.375. The van der Waals surface area contributed by atoms with Crippen LogP contribution in [0.3, 0.4) is 0 Å². The zero-order chi connectivity index (χ0) is 28.5. The number of hydrogen-bond donors (Lipinski definition) is 4. The Hall–Kier alpha value is -4.74.